The zero-order valence-electron chi connectivity index (χ0n) is 16.1. The number of carbonyl (C=O) groups is 1. The molecule has 1 amide bonds. The van der Waals surface area contributed by atoms with Crippen LogP contribution in [0.4, 0.5) is 8.78 Å². The minimum Gasteiger partial charge on any atom is -0.392 e. The number of carbonyl (C=O) groups excluding carboxylic acids is 1. The number of pyridine rings is 1. The average molecular weight is 439 g/mol. The molecule has 2 atom stereocenters. The van der Waals surface area contributed by atoms with Gasteiger partial charge in [0.1, 0.15) is 17.7 Å². The van der Waals surface area contributed by atoms with Gasteiger partial charge in [0, 0.05) is 36.4 Å². The summed E-state index contributed by atoms with van der Waals surface area (Å²) in [5.41, 5.74) is 2.20. The Bertz CT molecular complexity index is 1120. The third-order valence-electron chi connectivity index (χ3n) is 5.11. The number of nitrogens with zero attached hydrogens (tertiary/aromatic N) is 2. The highest BCUT2D eigenvalue weighted by atomic mass is 32.2. The van der Waals surface area contributed by atoms with Gasteiger partial charge in [-0.1, -0.05) is 11.2 Å². The standard InChI is InChI=1S/C19H19F2N3O5S/c1-19(18(25)23-26,30(2,27)28)9-12-8-17(24-29-12)14-4-3-11(7-15(14)20)13-5-6-22-10-16(13)21/h3-7,10,12,26H,8-9H2,1-2H3,(H,23,25). The Labute approximate surface area is 171 Å². The molecule has 0 radical (unpaired) electrons. The minimum atomic E-state index is -3.91. The summed E-state index contributed by atoms with van der Waals surface area (Å²) in [6, 6.07) is 5.52. The second-order valence-corrected chi connectivity index (χ2v) is 9.61. The molecule has 0 bridgehead atoms. The molecule has 0 fully saturated rings. The zero-order chi connectivity index (χ0) is 22.1. The Morgan fingerprint density at radius 1 is 1.30 bits per heavy atom. The molecule has 1 aromatic carbocycles. The van der Waals surface area contributed by atoms with Crippen molar-refractivity contribution in [3.63, 3.8) is 0 Å². The van der Waals surface area contributed by atoms with Crippen LogP contribution in [-0.2, 0) is 19.5 Å². The van der Waals surface area contributed by atoms with Crippen molar-refractivity contribution in [2.24, 2.45) is 5.16 Å². The van der Waals surface area contributed by atoms with Gasteiger partial charge in [-0.2, -0.15) is 0 Å². The molecule has 30 heavy (non-hydrogen) atoms. The fraction of sp³-hybridized carbons (Fsp3) is 0.316. The number of halogens is 2. The lowest BCUT2D eigenvalue weighted by Gasteiger charge is -2.26. The van der Waals surface area contributed by atoms with Crippen LogP contribution in [-0.4, -0.2) is 47.3 Å². The number of amides is 1. The van der Waals surface area contributed by atoms with E-state index in [9.17, 15) is 22.0 Å². The molecule has 1 aromatic heterocycles. The summed E-state index contributed by atoms with van der Waals surface area (Å²) in [6.07, 6.45) is 2.22. The summed E-state index contributed by atoms with van der Waals surface area (Å²) in [6.45, 7) is 1.16. The summed E-state index contributed by atoms with van der Waals surface area (Å²) in [5.74, 6) is -2.35. The highest BCUT2D eigenvalue weighted by molar-refractivity contribution is 7.92. The number of rotatable bonds is 6. The number of aromatic nitrogens is 1. The van der Waals surface area contributed by atoms with Crippen molar-refractivity contribution in [3.05, 3.63) is 53.9 Å². The number of sulfone groups is 1. The van der Waals surface area contributed by atoms with Gasteiger partial charge in [0.15, 0.2) is 14.6 Å². The molecule has 2 heterocycles. The molecule has 3 rings (SSSR count). The number of hydroxylamine groups is 1. The SMILES string of the molecule is CC(CC1CC(c2ccc(-c3ccncc3F)cc2F)=NO1)(C(=O)NO)S(C)(=O)=O. The van der Waals surface area contributed by atoms with E-state index in [4.69, 9.17) is 10.0 Å². The predicted octanol–water partition coefficient (Wildman–Crippen LogP) is 2.22. The monoisotopic (exact) mass is 439 g/mol. The Balaban J connectivity index is 1.80. The molecule has 2 unspecified atom stereocenters. The molecule has 2 N–H and O–H groups in total. The van der Waals surface area contributed by atoms with E-state index in [0.29, 0.717) is 5.56 Å². The molecule has 160 valence electrons. The second kappa shape index (κ2) is 8.07. The molecule has 0 saturated carbocycles. The van der Waals surface area contributed by atoms with E-state index >= 15 is 0 Å². The van der Waals surface area contributed by atoms with Crippen LogP contribution < -0.4 is 5.48 Å². The van der Waals surface area contributed by atoms with Crippen LogP contribution in [0.15, 0.2) is 41.8 Å². The van der Waals surface area contributed by atoms with Crippen molar-refractivity contribution in [3.8, 4) is 11.1 Å². The Hall–Kier alpha value is -2.92. The van der Waals surface area contributed by atoms with E-state index in [2.05, 4.69) is 10.1 Å². The van der Waals surface area contributed by atoms with Gasteiger partial charge in [0.2, 0.25) is 0 Å². The first-order valence-electron chi connectivity index (χ1n) is 8.83. The van der Waals surface area contributed by atoms with Crippen molar-refractivity contribution < 1.29 is 32.0 Å². The molecule has 8 nitrogen and oxygen atoms in total. The fourth-order valence-corrected chi connectivity index (χ4v) is 4.06. The van der Waals surface area contributed by atoms with Crippen molar-refractivity contribution in [2.45, 2.75) is 30.6 Å². The predicted molar refractivity (Wildman–Crippen MR) is 103 cm³/mol. The smallest absolute Gasteiger partial charge is 0.264 e. The van der Waals surface area contributed by atoms with Gasteiger partial charge in [-0.05, 0) is 30.7 Å². The quantitative estimate of drug-likeness (QED) is 0.526. The first-order chi connectivity index (χ1) is 14.1. The van der Waals surface area contributed by atoms with Gasteiger partial charge in [0.25, 0.3) is 5.91 Å². The van der Waals surface area contributed by atoms with Crippen molar-refractivity contribution in [2.75, 3.05) is 6.26 Å². The molecule has 2 aromatic rings. The summed E-state index contributed by atoms with van der Waals surface area (Å²) in [5, 5.41) is 12.7. The molecule has 1 aliphatic rings. The van der Waals surface area contributed by atoms with Gasteiger partial charge in [0.05, 0.1) is 11.9 Å². The van der Waals surface area contributed by atoms with Gasteiger partial charge in [-0.3, -0.25) is 15.0 Å². The number of hydrogen-bond acceptors (Lipinski definition) is 7. The lowest BCUT2D eigenvalue weighted by Crippen LogP contribution is -2.51. The minimum absolute atomic E-state index is 0.0453. The van der Waals surface area contributed by atoms with Crippen LogP contribution >= 0.6 is 0 Å². The number of oxime groups is 1. The highest BCUT2D eigenvalue weighted by Gasteiger charge is 2.47. The third kappa shape index (κ3) is 4.03. The summed E-state index contributed by atoms with van der Waals surface area (Å²) < 4.78 is 50.8. The van der Waals surface area contributed by atoms with E-state index in [1.807, 2.05) is 0 Å². The zero-order valence-corrected chi connectivity index (χ0v) is 16.9. The number of hydrogen-bond donors (Lipinski definition) is 2. The lowest BCUT2D eigenvalue weighted by atomic mass is 9.95. The average Bonchev–Trinajstić information content (AvgIpc) is 3.14. The van der Waals surface area contributed by atoms with Crippen LogP contribution in [0.5, 0.6) is 0 Å². The van der Waals surface area contributed by atoms with Crippen molar-refractivity contribution in [1.29, 1.82) is 0 Å². The molecule has 0 saturated heterocycles. The first kappa shape index (κ1) is 21.8. The maximum atomic E-state index is 14.7. The topological polar surface area (TPSA) is 118 Å². The van der Waals surface area contributed by atoms with Crippen LogP contribution in [0.25, 0.3) is 11.1 Å². The van der Waals surface area contributed by atoms with Gasteiger partial charge >= 0.3 is 0 Å². The highest BCUT2D eigenvalue weighted by Crippen LogP contribution is 2.31. The molecule has 0 aliphatic carbocycles. The van der Waals surface area contributed by atoms with Gasteiger partial charge in [-0.15, -0.1) is 0 Å². The largest absolute Gasteiger partial charge is 0.392 e. The molecular formula is C19H19F2N3O5S. The Kier molecular flexibility index (Phi) is 5.86. The Morgan fingerprint density at radius 2 is 2.03 bits per heavy atom. The van der Waals surface area contributed by atoms with Gasteiger partial charge < -0.3 is 4.84 Å². The van der Waals surface area contributed by atoms with Crippen molar-refractivity contribution in [1.82, 2.24) is 10.5 Å². The number of nitrogens with one attached hydrogen (secondary N) is 1. The van der Waals surface area contributed by atoms with Crippen LogP contribution in [0.3, 0.4) is 0 Å². The van der Waals surface area contributed by atoms with Crippen LogP contribution in [0.1, 0.15) is 25.3 Å². The Morgan fingerprint density at radius 3 is 2.63 bits per heavy atom. The molecule has 11 heteroatoms. The van der Waals surface area contributed by atoms with E-state index in [1.54, 1.807) is 0 Å². The summed E-state index contributed by atoms with van der Waals surface area (Å²) in [4.78, 5) is 20.8. The van der Waals surface area contributed by atoms with E-state index in [1.165, 1.54) is 29.9 Å². The number of benzene rings is 1. The fourth-order valence-electron chi connectivity index (χ4n) is 3.19. The van der Waals surface area contributed by atoms with E-state index in [0.717, 1.165) is 25.4 Å². The molecule has 0 spiro atoms. The maximum Gasteiger partial charge on any atom is 0.264 e. The van der Waals surface area contributed by atoms with Gasteiger partial charge in [-0.25, -0.2) is 22.7 Å². The van der Waals surface area contributed by atoms with E-state index < -0.39 is 38.2 Å². The second-order valence-electron chi connectivity index (χ2n) is 7.17. The normalized spacial score (nSPS) is 18.3. The van der Waals surface area contributed by atoms with E-state index in [-0.39, 0.29) is 29.7 Å². The van der Waals surface area contributed by atoms with Crippen LogP contribution in [0.2, 0.25) is 0 Å². The summed E-state index contributed by atoms with van der Waals surface area (Å²) in [7, 11) is -3.91. The lowest BCUT2D eigenvalue weighted by molar-refractivity contribution is -0.132. The third-order valence-corrected chi connectivity index (χ3v) is 7.10. The molecule has 1 aliphatic heterocycles. The molecular weight excluding hydrogens is 420 g/mol. The summed E-state index contributed by atoms with van der Waals surface area (Å²) >= 11 is 0. The van der Waals surface area contributed by atoms with Crippen molar-refractivity contribution >= 4 is 21.5 Å². The van der Waals surface area contributed by atoms with Crippen LogP contribution in [0, 0.1) is 11.6 Å². The maximum absolute atomic E-state index is 14.7. The first-order valence-corrected chi connectivity index (χ1v) is 10.7.